The molecule has 0 saturated heterocycles. The van der Waals surface area contributed by atoms with Gasteiger partial charge >= 0.3 is 0 Å². The Hall–Kier alpha value is -2.92. The number of hydrogen-bond acceptors (Lipinski definition) is 4. The summed E-state index contributed by atoms with van der Waals surface area (Å²) in [6.07, 6.45) is 1.68. The maximum atomic E-state index is 12.9. The number of aromatic nitrogens is 2. The lowest BCUT2D eigenvalue weighted by Gasteiger charge is -2.24. The van der Waals surface area contributed by atoms with E-state index in [0.717, 1.165) is 11.3 Å². The van der Waals surface area contributed by atoms with Crippen LogP contribution < -0.4 is 10.1 Å². The second-order valence-corrected chi connectivity index (χ2v) is 7.42. The van der Waals surface area contributed by atoms with E-state index in [1.165, 1.54) is 0 Å². The first-order valence-electron chi connectivity index (χ1n) is 9.48. The van der Waals surface area contributed by atoms with Crippen LogP contribution in [0, 0.1) is 19.8 Å². The Morgan fingerprint density at radius 3 is 2.59 bits per heavy atom. The Morgan fingerprint density at radius 1 is 1.14 bits per heavy atom. The summed E-state index contributed by atoms with van der Waals surface area (Å²) in [6, 6.07) is 17.0. The molecule has 0 spiro atoms. The quantitative estimate of drug-likeness (QED) is 0.583. The summed E-state index contributed by atoms with van der Waals surface area (Å²) in [5.41, 5.74) is 2.48. The highest BCUT2D eigenvalue weighted by Crippen LogP contribution is 2.28. The van der Waals surface area contributed by atoms with E-state index in [-0.39, 0.29) is 17.7 Å². The van der Waals surface area contributed by atoms with Gasteiger partial charge in [-0.15, -0.1) is 0 Å². The van der Waals surface area contributed by atoms with Crippen LogP contribution in [0.5, 0.6) is 5.75 Å². The molecule has 2 atom stereocenters. The van der Waals surface area contributed by atoms with Crippen LogP contribution >= 0.6 is 11.6 Å². The lowest BCUT2D eigenvalue weighted by Crippen LogP contribution is -2.29. The Labute approximate surface area is 176 Å². The van der Waals surface area contributed by atoms with Gasteiger partial charge in [0.2, 0.25) is 5.91 Å². The van der Waals surface area contributed by atoms with Crippen molar-refractivity contribution in [3.8, 4) is 5.75 Å². The molecule has 0 radical (unpaired) electrons. The van der Waals surface area contributed by atoms with Gasteiger partial charge in [0.1, 0.15) is 5.82 Å². The van der Waals surface area contributed by atoms with Crippen LogP contribution in [0.3, 0.4) is 0 Å². The van der Waals surface area contributed by atoms with Crippen molar-refractivity contribution in [3.63, 3.8) is 0 Å². The van der Waals surface area contributed by atoms with Gasteiger partial charge in [-0.05, 0) is 37.6 Å². The Bertz CT molecular complexity index is 979. The number of nitrogens with one attached hydrogen (secondary N) is 1. The van der Waals surface area contributed by atoms with Gasteiger partial charge in [-0.3, -0.25) is 4.79 Å². The number of ether oxygens (including phenoxy) is 1. The van der Waals surface area contributed by atoms with Crippen molar-refractivity contribution in [3.05, 3.63) is 82.9 Å². The highest BCUT2D eigenvalue weighted by atomic mass is 35.5. The molecular formula is C23H24ClN3O2. The first-order valence-corrected chi connectivity index (χ1v) is 9.86. The normalized spacial score (nSPS) is 12.8. The molecule has 3 rings (SSSR count). The third kappa shape index (κ3) is 5.55. The number of carbonyl (C=O) groups is 1. The van der Waals surface area contributed by atoms with Gasteiger partial charge in [0, 0.05) is 22.5 Å². The molecule has 1 N–H and O–H groups in total. The third-order valence-electron chi connectivity index (χ3n) is 4.81. The van der Waals surface area contributed by atoms with E-state index in [1.54, 1.807) is 24.4 Å². The number of anilines is 1. The number of hydrogen-bond donors (Lipinski definition) is 1. The zero-order chi connectivity index (χ0) is 20.8. The van der Waals surface area contributed by atoms with E-state index in [4.69, 9.17) is 16.3 Å². The Balaban J connectivity index is 1.78. The number of benzene rings is 2. The molecule has 0 aliphatic heterocycles. The summed E-state index contributed by atoms with van der Waals surface area (Å²) in [5.74, 6) is 0.753. The van der Waals surface area contributed by atoms with Crippen molar-refractivity contribution >= 4 is 23.2 Å². The molecule has 0 aliphatic rings. The van der Waals surface area contributed by atoms with Gasteiger partial charge in [0.15, 0.2) is 5.75 Å². The van der Waals surface area contributed by atoms with Crippen LogP contribution in [0.4, 0.5) is 5.69 Å². The first-order chi connectivity index (χ1) is 13.9. The number of nitrogens with zero attached hydrogens (tertiary/aromatic N) is 2. The maximum Gasteiger partial charge on any atom is 0.227 e. The van der Waals surface area contributed by atoms with Crippen molar-refractivity contribution in [1.82, 2.24) is 9.97 Å². The fourth-order valence-corrected chi connectivity index (χ4v) is 3.32. The molecule has 1 amide bonds. The minimum Gasteiger partial charge on any atom is -0.489 e. The summed E-state index contributed by atoms with van der Waals surface area (Å²) in [7, 11) is 0. The van der Waals surface area contributed by atoms with Gasteiger partial charge in [0.05, 0.1) is 18.5 Å². The van der Waals surface area contributed by atoms with Gasteiger partial charge < -0.3 is 10.1 Å². The SMILES string of the molecule is Cc1ncc(OCC(c2ccccc2)[C@@H](C)C(=O)Nc2cccc(Cl)c2)c(C)n1. The fourth-order valence-electron chi connectivity index (χ4n) is 3.13. The van der Waals surface area contributed by atoms with Crippen molar-refractivity contribution in [2.24, 2.45) is 5.92 Å². The van der Waals surface area contributed by atoms with Crippen LogP contribution in [0.2, 0.25) is 5.02 Å². The predicted octanol–water partition coefficient (Wildman–Crippen LogP) is 5.18. The van der Waals surface area contributed by atoms with Gasteiger partial charge in [0.25, 0.3) is 0 Å². The largest absolute Gasteiger partial charge is 0.489 e. The van der Waals surface area contributed by atoms with Crippen LogP contribution in [-0.4, -0.2) is 22.5 Å². The smallest absolute Gasteiger partial charge is 0.227 e. The zero-order valence-corrected chi connectivity index (χ0v) is 17.5. The highest BCUT2D eigenvalue weighted by Gasteiger charge is 2.27. The van der Waals surface area contributed by atoms with Crippen molar-refractivity contribution < 1.29 is 9.53 Å². The molecule has 1 aromatic heterocycles. The van der Waals surface area contributed by atoms with Crippen molar-refractivity contribution in [1.29, 1.82) is 0 Å². The van der Waals surface area contributed by atoms with Gasteiger partial charge in [-0.2, -0.15) is 0 Å². The second-order valence-electron chi connectivity index (χ2n) is 6.98. The molecule has 150 valence electrons. The second kappa shape index (κ2) is 9.52. The van der Waals surface area contributed by atoms with Crippen molar-refractivity contribution in [2.45, 2.75) is 26.7 Å². The summed E-state index contributed by atoms with van der Waals surface area (Å²) < 4.78 is 6.02. The lowest BCUT2D eigenvalue weighted by atomic mass is 9.87. The number of aryl methyl sites for hydroxylation is 2. The molecule has 0 saturated carbocycles. The molecule has 1 heterocycles. The van der Waals surface area contributed by atoms with Crippen molar-refractivity contribution in [2.75, 3.05) is 11.9 Å². The average molecular weight is 410 g/mol. The summed E-state index contributed by atoms with van der Waals surface area (Å²) in [5, 5.41) is 3.52. The molecule has 5 nitrogen and oxygen atoms in total. The minimum absolute atomic E-state index is 0.0957. The summed E-state index contributed by atoms with van der Waals surface area (Å²) >= 11 is 6.03. The molecule has 6 heteroatoms. The molecule has 29 heavy (non-hydrogen) atoms. The van der Waals surface area contributed by atoms with E-state index < -0.39 is 0 Å². The molecule has 0 bridgehead atoms. The van der Waals surface area contributed by atoms with E-state index in [9.17, 15) is 4.79 Å². The fraction of sp³-hybridized carbons (Fsp3) is 0.261. The highest BCUT2D eigenvalue weighted by molar-refractivity contribution is 6.30. The lowest BCUT2D eigenvalue weighted by molar-refractivity contribution is -0.120. The zero-order valence-electron chi connectivity index (χ0n) is 16.7. The summed E-state index contributed by atoms with van der Waals surface area (Å²) in [4.78, 5) is 21.5. The monoisotopic (exact) mass is 409 g/mol. The third-order valence-corrected chi connectivity index (χ3v) is 5.05. The first kappa shape index (κ1) is 20.8. The van der Waals surface area contributed by atoms with Gasteiger partial charge in [-0.1, -0.05) is 54.9 Å². The van der Waals surface area contributed by atoms with E-state index in [1.807, 2.05) is 57.2 Å². The van der Waals surface area contributed by atoms with Crippen LogP contribution in [0.15, 0.2) is 60.8 Å². The summed E-state index contributed by atoms with van der Waals surface area (Å²) in [6.45, 7) is 5.96. The molecular weight excluding hydrogens is 386 g/mol. The Morgan fingerprint density at radius 2 is 1.90 bits per heavy atom. The maximum absolute atomic E-state index is 12.9. The molecule has 0 aliphatic carbocycles. The van der Waals surface area contributed by atoms with E-state index in [2.05, 4.69) is 15.3 Å². The number of halogens is 1. The standard InChI is InChI=1S/C23H24ClN3O2/c1-15(23(28)27-20-11-7-10-19(24)12-20)21(18-8-5-4-6-9-18)14-29-22-13-25-17(3)26-16(22)2/h4-13,15,21H,14H2,1-3H3,(H,27,28)/t15-,21?/m1/s1. The molecule has 0 fully saturated rings. The van der Waals surface area contributed by atoms with Crippen LogP contribution in [0.25, 0.3) is 0 Å². The topological polar surface area (TPSA) is 64.1 Å². The van der Waals surface area contributed by atoms with Crippen LogP contribution in [0.1, 0.15) is 29.9 Å². The van der Waals surface area contributed by atoms with Crippen LogP contribution in [-0.2, 0) is 4.79 Å². The molecule has 3 aromatic rings. The Kier molecular flexibility index (Phi) is 6.83. The average Bonchev–Trinajstić information content (AvgIpc) is 2.70. The predicted molar refractivity (Wildman–Crippen MR) is 115 cm³/mol. The minimum atomic E-state index is -0.331. The van der Waals surface area contributed by atoms with E-state index >= 15 is 0 Å². The molecule has 1 unspecified atom stereocenters. The van der Waals surface area contributed by atoms with Gasteiger partial charge in [-0.25, -0.2) is 9.97 Å². The number of amides is 1. The van der Waals surface area contributed by atoms with E-state index in [0.29, 0.717) is 28.9 Å². The number of carbonyl (C=O) groups excluding carboxylic acids is 1. The molecule has 2 aromatic carbocycles. The number of rotatable bonds is 7.